The highest BCUT2D eigenvalue weighted by Crippen LogP contribution is 2.24. The van der Waals surface area contributed by atoms with E-state index in [9.17, 15) is 4.79 Å². The lowest BCUT2D eigenvalue weighted by Gasteiger charge is -2.18. The number of carbonyl (C=O) groups is 1. The summed E-state index contributed by atoms with van der Waals surface area (Å²) in [6.07, 6.45) is 0.0312. The number of hydrogen-bond acceptors (Lipinski definition) is 3. The van der Waals surface area contributed by atoms with E-state index < -0.39 is 6.10 Å². The number of anilines is 1. The molecule has 0 aromatic heterocycles. The number of hydrogen-bond donors (Lipinski definition) is 1. The van der Waals surface area contributed by atoms with Gasteiger partial charge in [0.05, 0.1) is 12.3 Å². The summed E-state index contributed by atoms with van der Waals surface area (Å²) in [6, 6.07) is 15.1. The molecule has 0 aliphatic carbocycles. The molecule has 2 aromatic carbocycles. The minimum atomic E-state index is -0.549. The second kappa shape index (κ2) is 8.22. The van der Waals surface area contributed by atoms with Crippen molar-refractivity contribution in [3.8, 4) is 11.5 Å². The van der Waals surface area contributed by atoms with Crippen molar-refractivity contribution in [3.63, 3.8) is 0 Å². The summed E-state index contributed by atoms with van der Waals surface area (Å²) in [4.78, 5) is 12.5. The zero-order valence-corrected chi connectivity index (χ0v) is 13.8. The molecule has 23 heavy (non-hydrogen) atoms. The van der Waals surface area contributed by atoms with Gasteiger partial charge in [-0.25, -0.2) is 0 Å². The van der Waals surface area contributed by atoms with Gasteiger partial charge < -0.3 is 14.8 Å². The largest absolute Gasteiger partial charge is 0.492 e. The van der Waals surface area contributed by atoms with Crippen LogP contribution in [0.1, 0.15) is 25.8 Å². The van der Waals surface area contributed by atoms with Gasteiger partial charge in [-0.2, -0.15) is 0 Å². The highest BCUT2D eigenvalue weighted by Gasteiger charge is 2.19. The highest BCUT2D eigenvalue weighted by atomic mass is 16.5. The van der Waals surface area contributed by atoms with E-state index in [4.69, 9.17) is 9.47 Å². The molecule has 2 aromatic rings. The number of aryl methyl sites for hydroxylation is 1. The molecule has 0 bridgehead atoms. The zero-order chi connectivity index (χ0) is 16.7. The van der Waals surface area contributed by atoms with Crippen LogP contribution < -0.4 is 14.8 Å². The van der Waals surface area contributed by atoms with Crippen molar-refractivity contribution >= 4 is 11.6 Å². The molecule has 4 nitrogen and oxygen atoms in total. The van der Waals surface area contributed by atoms with E-state index in [-0.39, 0.29) is 5.91 Å². The van der Waals surface area contributed by atoms with Gasteiger partial charge in [0.2, 0.25) is 0 Å². The molecule has 1 N–H and O–H groups in total. The summed E-state index contributed by atoms with van der Waals surface area (Å²) < 4.78 is 11.3. The van der Waals surface area contributed by atoms with Gasteiger partial charge in [0.1, 0.15) is 11.5 Å². The summed E-state index contributed by atoms with van der Waals surface area (Å²) >= 11 is 0. The zero-order valence-electron chi connectivity index (χ0n) is 13.8. The summed E-state index contributed by atoms with van der Waals surface area (Å²) in [6.45, 7) is 6.39. The lowest BCUT2D eigenvalue weighted by atomic mass is 10.2. The Balaban J connectivity index is 2.06. The molecule has 0 fully saturated rings. The smallest absolute Gasteiger partial charge is 0.265 e. The second-order valence-corrected chi connectivity index (χ2v) is 5.25. The predicted octanol–water partition coefficient (Wildman–Crippen LogP) is 4.19. The third-order valence-corrected chi connectivity index (χ3v) is 3.41. The molecule has 0 saturated carbocycles. The van der Waals surface area contributed by atoms with Gasteiger partial charge in [-0.1, -0.05) is 36.8 Å². The van der Waals surface area contributed by atoms with Gasteiger partial charge in [0, 0.05) is 0 Å². The maximum atomic E-state index is 12.5. The fraction of sp³-hybridized carbons (Fsp3) is 0.316. The SMILES string of the molecule is CCOc1ccccc1NC(=O)C(CC)Oc1ccc(C)cc1. The molecule has 0 saturated heterocycles. The molecule has 1 unspecified atom stereocenters. The van der Waals surface area contributed by atoms with Crippen molar-refractivity contribution in [2.75, 3.05) is 11.9 Å². The molecule has 0 radical (unpaired) electrons. The van der Waals surface area contributed by atoms with Crippen molar-refractivity contribution in [1.29, 1.82) is 0 Å². The summed E-state index contributed by atoms with van der Waals surface area (Å²) in [5.41, 5.74) is 1.81. The first-order chi connectivity index (χ1) is 11.1. The van der Waals surface area contributed by atoms with Crippen molar-refractivity contribution in [2.45, 2.75) is 33.3 Å². The third-order valence-electron chi connectivity index (χ3n) is 3.41. The molecule has 0 aliphatic rings. The van der Waals surface area contributed by atoms with Crippen LogP contribution in [-0.2, 0) is 4.79 Å². The number of para-hydroxylation sites is 2. The minimum absolute atomic E-state index is 0.180. The van der Waals surface area contributed by atoms with E-state index in [1.807, 2.05) is 69.3 Å². The van der Waals surface area contributed by atoms with E-state index in [0.29, 0.717) is 30.2 Å². The topological polar surface area (TPSA) is 47.6 Å². The first-order valence-electron chi connectivity index (χ1n) is 7.90. The van der Waals surface area contributed by atoms with E-state index in [0.717, 1.165) is 5.56 Å². The molecule has 0 heterocycles. The van der Waals surface area contributed by atoms with Crippen LogP contribution in [0.4, 0.5) is 5.69 Å². The fourth-order valence-electron chi connectivity index (χ4n) is 2.17. The van der Waals surface area contributed by atoms with Crippen LogP contribution in [0.5, 0.6) is 11.5 Å². The number of amides is 1. The lowest BCUT2D eigenvalue weighted by molar-refractivity contribution is -0.122. The van der Waals surface area contributed by atoms with Crippen LogP contribution in [0.3, 0.4) is 0 Å². The normalized spacial score (nSPS) is 11.6. The van der Waals surface area contributed by atoms with Crippen molar-refractivity contribution in [3.05, 3.63) is 54.1 Å². The van der Waals surface area contributed by atoms with E-state index in [2.05, 4.69) is 5.32 Å². The number of ether oxygens (including phenoxy) is 2. The molecule has 0 aliphatic heterocycles. The maximum absolute atomic E-state index is 12.5. The van der Waals surface area contributed by atoms with Crippen LogP contribution in [-0.4, -0.2) is 18.6 Å². The summed E-state index contributed by atoms with van der Waals surface area (Å²) in [5.74, 6) is 1.17. The molecule has 4 heteroatoms. The van der Waals surface area contributed by atoms with Crippen LogP contribution in [0, 0.1) is 6.92 Å². The minimum Gasteiger partial charge on any atom is -0.492 e. The van der Waals surface area contributed by atoms with Crippen molar-refractivity contribution < 1.29 is 14.3 Å². The van der Waals surface area contributed by atoms with Crippen LogP contribution in [0.2, 0.25) is 0 Å². The van der Waals surface area contributed by atoms with Gasteiger partial charge in [0.25, 0.3) is 5.91 Å². The van der Waals surface area contributed by atoms with E-state index >= 15 is 0 Å². The van der Waals surface area contributed by atoms with Crippen molar-refractivity contribution in [1.82, 2.24) is 0 Å². The Bertz CT molecular complexity index is 637. The predicted molar refractivity (Wildman–Crippen MR) is 92.1 cm³/mol. The number of benzene rings is 2. The highest BCUT2D eigenvalue weighted by molar-refractivity contribution is 5.95. The molecule has 1 amide bonds. The molecule has 1 atom stereocenters. The second-order valence-electron chi connectivity index (χ2n) is 5.25. The van der Waals surface area contributed by atoms with Gasteiger partial charge in [-0.05, 0) is 44.5 Å². The average molecular weight is 313 g/mol. The molecule has 122 valence electrons. The Morgan fingerprint density at radius 1 is 1.09 bits per heavy atom. The molecule has 2 rings (SSSR count). The van der Waals surface area contributed by atoms with Gasteiger partial charge in [-0.15, -0.1) is 0 Å². The Kier molecular flexibility index (Phi) is 6.03. The van der Waals surface area contributed by atoms with Crippen LogP contribution >= 0.6 is 0 Å². The summed E-state index contributed by atoms with van der Waals surface area (Å²) in [7, 11) is 0. The Labute approximate surface area is 137 Å². The standard InChI is InChI=1S/C19H23NO3/c1-4-17(23-15-12-10-14(3)11-13-15)19(21)20-16-8-6-7-9-18(16)22-5-2/h6-13,17H,4-5H2,1-3H3,(H,20,21). The first kappa shape index (κ1) is 16.9. The first-order valence-corrected chi connectivity index (χ1v) is 7.90. The van der Waals surface area contributed by atoms with E-state index in [1.54, 1.807) is 0 Å². The van der Waals surface area contributed by atoms with Gasteiger partial charge >= 0.3 is 0 Å². The quantitative estimate of drug-likeness (QED) is 0.833. The molecule has 0 spiro atoms. The van der Waals surface area contributed by atoms with Crippen LogP contribution in [0.15, 0.2) is 48.5 Å². The Morgan fingerprint density at radius 2 is 1.78 bits per heavy atom. The van der Waals surface area contributed by atoms with E-state index in [1.165, 1.54) is 0 Å². The number of rotatable bonds is 7. The Hall–Kier alpha value is -2.49. The fourth-order valence-corrected chi connectivity index (χ4v) is 2.17. The molecular formula is C19H23NO3. The average Bonchev–Trinajstić information content (AvgIpc) is 2.56. The van der Waals surface area contributed by atoms with Crippen LogP contribution in [0.25, 0.3) is 0 Å². The van der Waals surface area contributed by atoms with Gasteiger partial charge in [0.15, 0.2) is 6.10 Å². The molecular weight excluding hydrogens is 290 g/mol. The maximum Gasteiger partial charge on any atom is 0.265 e. The van der Waals surface area contributed by atoms with Crippen molar-refractivity contribution in [2.24, 2.45) is 0 Å². The monoisotopic (exact) mass is 313 g/mol. The number of carbonyl (C=O) groups excluding carboxylic acids is 1. The third kappa shape index (κ3) is 4.74. The Morgan fingerprint density at radius 3 is 2.43 bits per heavy atom. The summed E-state index contributed by atoms with van der Waals surface area (Å²) in [5, 5.41) is 2.89. The van der Waals surface area contributed by atoms with Gasteiger partial charge in [-0.3, -0.25) is 4.79 Å². The number of nitrogens with one attached hydrogen (secondary N) is 1. The lowest BCUT2D eigenvalue weighted by Crippen LogP contribution is -2.32.